The third kappa shape index (κ3) is 5.92. The predicted molar refractivity (Wildman–Crippen MR) is 133 cm³/mol. The Balaban J connectivity index is 1.42. The van der Waals surface area contributed by atoms with Crippen molar-refractivity contribution in [3.63, 3.8) is 0 Å². The lowest BCUT2D eigenvalue weighted by Gasteiger charge is -2.30. The fraction of sp³-hybridized carbons (Fsp3) is 0.269. The first-order valence-electron chi connectivity index (χ1n) is 11.0. The van der Waals surface area contributed by atoms with Gasteiger partial charge in [0, 0.05) is 30.3 Å². The molecule has 0 aromatic heterocycles. The van der Waals surface area contributed by atoms with E-state index in [1.54, 1.807) is 13.2 Å². The van der Waals surface area contributed by atoms with Crippen LogP contribution in [0.25, 0.3) is 0 Å². The van der Waals surface area contributed by atoms with E-state index in [1.165, 1.54) is 0 Å². The summed E-state index contributed by atoms with van der Waals surface area (Å²) in [5.74, 6) is 0.320. The second-order valence-corrected chi connectivity index (χ2v) is 8.33. The molecule has 0 spiro atoms. The van der Waals surface area contributed by atoms with Crippen molar-refractivity contribution in [3.8, 4) is 11.5 Å². The Morgan fingerprint density at radius 1 is 1.03 bits per heavy atom. The molecule has 0 atom stereocenters. The Morgan fingerprint density at radius 2 is 1.76 bits per heavy atom. The molecule has 1 aliphatic heterocycles. The second kappa shape index (κ2) is 11.1. The van der Waals surface area contributed by atoms with Crippen molar-refractivity contribution in [2.24, 2.45) is 0 Å². The van der Waals surface area contributed by atoms with Crippen LogP contribution in [-0.4, -0.2) is 44.5 Å². The standard InChI is InChI=1S/C26H27ClN2O5/c1-32-25-14-19(4-9-24(25)34-17-18-2-5-20(27)6-3-18)16-28-21-7-8-23(22(15-21)26(30)31)29-10-12-33-13-11-29/h2-9,14-15,28H,10-13,16-17H2,1H3,(H,30,31). The van der Waals surface area contributed by atoms with E-state index >= 15 is 0 Å². The number of carboxylic acids is 1. The number of methoxy groups -OCH3 is 1. The van der Waals surface area contributed by atoms with Crippen molar-refractivity contribution in [2.45, 2.75) is 13.2 Å². The largest absolute Gasteiger partial charge is 0.493 e. The average molecular weight is 483 g/mol. The van der Waals surface area contributed by atoms with E-state index in [0.29, 0.717) is 61.7 Å². The molecule has 178 valence electrons. The lowest BCUT2D eigenvalue weighted by atomic mass is 10.1. The lowest BCUT2D eigenvalue weighted by Crippen LogP contribution is -2.37. The topological polar surface area (TPSA) is 80.3 Å². The van der Waals surface area contributed by atoms with Gasteiger partial charge in [0.05, 0.1) is 31.6 Å². The van der Waals surface area contributed by atoms with Gasteiger partial charge in [-0.1, -0.05) is 29.8 Å². The van der Waals surface area contributed by atoms with E-state index in [4.69, 9.17) is 25.8 Å². The molecule has 0 unspecified atom stereocenters. The highest BCUT2D eigenvalue weighted by Crippen LogP contribution is 2.30. The monoisotopic (exact) mass is 482 g/mol. The maximum Gasteiger partial charge on any atom is 0.337 e. The molecule has 0 bridgehead atoms. The average Bonchev–Trinajstić information content (AvgIpc) is 2.87. The van der Waals surface area contributed by atoms with Crippen LogP contribution in [0.1, 0.15) is 21.5 Å². The number of carbonyl (C=O) groups is 1. The molecule has 3 aromatic rings. The molecule has 2 N–H and O–H groups in total. The van der Waals surface area contributed by atoms with Crippen molar-refractivity contribution in [1.82, 2.24) is 0 Å². The van der Waals surface area contributed by atoms with Crippen LogP contribution in [0.2, 0.25) is 5.02 Å². The summed E-state index contributed by atoms with van der Waals surface area (Å²) in [7, 11) is 1.60. The summed E-state index contributed by atoms with van der Waals surface area (Å²) < 4.78 is 16.8. The molecule has 0 saturated carbocycles. The van der Waals surface area contributed by atoms with Gasteiger partial charge in [0.15, 0.2) is 11.5 Å². The van der Waals surface area contributed by atoms with Gasteiger partial charge in [-0.25, -0.2) is 4.79 Å². The first kappa shape index (κ1) is 23.7. The predicted octanol–water partition coefficient (Wildman–Crippen LogP) is 5.07. The quantitative estimate of drug-likeness (QED) is 0.440. The van der Waals surface area contributed by atoms with Gasteiger partial charge in [-0.05, 0) is 53.6 Å². The maximum absolute atomic E-state index is 11.9. The number of morpholine rings is 1. The molecule has 1 heterocycles. The van der Waals surface area contributed by atoms with Crippen molar-refractivity contribution in [1.29, 1.82) is 0 Å². The molecular weight excluding hydrogens is 456 g/mol. The highest BCUT2D eigenvalue weighted by molar-refractivity contribution is 6.30. The maximum atomic E-state index is 11.9. The van der Waals surface area contributed by atoms with E-state index in [2.05, 4.69) is 5.32 Å². The molecule has 7 nitrogen and oxygen atoms in total. The van der Waals surface area contributed by atoms with Crippen molar-refractivity contribution >= 4 is 28.9 Å². The zero-order valence-electron chi connectivity index (χ0n) is 18.9. The second-order valence-electron chi connectivity index (χ2n) is 7.89. The zero-order valence-corrected chi connectivity index (χ0v) is 19.7. The third-order valence-electron chi connectivity index (χ3n) is 5.61. The number of nitrogens with zero attached hydrogens (tertiary/aromatic N) is 1. The minimum Gasteiger partial charge on any atom is -0.493 e. The van der Waals surface area contributed by atoms with E-state index in [9.17, 15) is 9.90 Å². The summed E-state index contributed by atoms with van der Waals surface area (Å²) >= 11 is 5.93. The van der Waals surface area contributed by atoms with Crippen LogP contribution in [-0.2, 0) is 17.9 Å². The Labute approximate surface area is 203 Å². The van der Waals surface area contributed by atoms with Crippen molar-refractivity contribution < 1.29 is 24.1 Å². The van der Waals surface area contributed by atoms with Crippen molar-refractivity contribution in [2.75, 3.05) is 43.6 Å². The molecule has 4 rings (SSSR count). The summed E-state index contributed by atoms with van der Waals surface area (Å²) in [5, 5.41) is 13.7. The number of ether oxygens (including phenoxy) is 3. The molecule has 34 heavy (non-hydrogen) atoms. The van der Waals surface area contributed by atoms with Crippen LogP contribution >= 0.6 is 11.6 Å². The Bertz CT molecular complexity index is 1130. The number of aromatic carboxylic acids is 1. The van der Waals surface area contributed by atoms with Gasteiger partial charge >= 0.3 is 5.97 Å². The van der Waals surface area contributed by atoms with Crippen LogP contribution in [0.4, 0.5) is 11.4 Å². The molecule has 3 aromatic carbocycles. The highest BCUT2D eigenvalue weighted by Gasteiger charge is 2.19. The summed E-state index contributed by atoms with van der Waals surface area (Å²) in [5.41, 5.74) is 3.70. The van der Waals surface area contributed by atoms with E-state index < -0.39 is 5.97 Å². The van der Waals surface area contributed by atoms with E-state index in [-0.39, 0.29) is 5.56 Å². The number of hydrogen-bond acceptors (Lipinski definition) is 6. The van der Waals surface area contributed by atoms with Gasteiger partial charge in [-0.2, -0.15) is 0 Å². The van der Waals surface area contributed by atoms with Crippen LogP contribution in [0, 0.1) is 0 Å². The minimum absolute atomic E-state index is 0.274. The zero-order chi connectivity index (χ0) is 23.9. The number of benzene rings is 3. The van der Waals surface area contributed by atoms with Crippen molar-refractivity contribution in [3.05, 3.63) is 82.4 Å². The van der Waals surface area contributed by atoms with Gasteiger partial charge in [-0.3, -0.25) is 0 Å². The number of anilines is 2. The molecule has 0 amide bonds. The number of hydrogen-bond donors (Lipinski definition) is 2. The number of carboxylic acid groups (broad SMARTS) is 1. The molecule has 1 aliphatic rings. The number of halogens is 1. The Morgan fingerprint density at radius 3 is 2.47 bits per heavy atom. The summed E-state index contributed by atoms with van der Waals surface area (Å²) in [4.78, 5) is 13.9. The molecule has 8 heteroatoms. The smallest absolute Gasteiger partial charge is 0.337 e. The van der Waals surface area contributed by atoms with Gasteiger partial charge in [0.25, 0.3) is 0 Å². The molecule has 0 radical (unpaired) electrons. The fourth-order valence-electron chi connectivity index (χ4n) is 3.78. The fourth-order valence-corrected chi connectivity index (χ4v) is 3.91. The van der Waals surface area contributed by atoms with Crippen LogP contribution in [0.3, 0.4) is 0 Å². The highest BCUT2D eigenvalue weighted by atomic mass is 35.5. The van der Waals surface area contributed by atoms with Gasteiger partial charge in [-0.15, -0.1) is 0 Å². The minimum atomic E-state index is -0.950. The summed E-state index contributed by atoms with van der Waals surface area (Å²) in [6.45, 7) is 3.46. The van der Waals surface area contributed by atoms with E-state index in [0.717, 1.165) is 16.8 Å². The molecule has 1 saturated heterocycles. The first-order chi connectivity index (χ1) is 16.5. The normalized spacial score (nSPS) is 13.4. The molecule has 0 aliphatic carbocycles. The first-order valence-corrected chi connectivity index (χ1v) is 11.4. The summed E-state index contributed by atoms with van der Waals surface area (Å²) in [6.07, 6.45) is 0. The summed E-state index contributed by atoms with van der Waals surface area (Å²) in [6, 6.07) is 18.7. The van der Waals surface area contributed by atoms with Gasteiger partial charge in [0.2, 0.25) is 0 Å². The van der Waals surface area contributed by atoms with E-state index in [1.807, 2.05) is 59.5 Å². The Kier molecular flexibility index (Phi) is 7.77. The van der Waals surface area contributed by atoms with Gasteiger partial charge < -0.3 is 29.5 Å². The molecule has 1 fully saturated rings. The van der Waals surface area contributed by atoms with Crippen LogP contribution in [0.15, 0.2) is 60.7 Å². The lowest BCUT2D eigenvalue weighted by molar-refractivity contribution is 0.0696. The Hall–Kier alpha value is -3.42. The van der Waals surface area contributed by atoms with Crippen LogP contribution < -0.4 is 19.7 Å². The number of rotatable bonds is 9. The SMILES string of the molecule is COc1cc(CNc2ccc(N3CCOCC3)c(C(=O)O)c2)ccc1OCc1ccc(Cl)cc1. The number of nitrogens with one attached hydrogen (secondary N) is 1. The third-order valence-corrected chi connectivity index (χ3v) is 5.86. The van der Waals surface area contributed by atoms with Gasteiger partial charge in [0.1, 0.15) is 6.61 Å². The van der Waals surface area contributed by atoms with Crippen LogP contribution in [0.5, 0.6) is 11.5 Å². The molecular formula is C26H27ClN2O5.